The first-order valence-electron chi connectivity index (χ1n) is 11.3. The highest BCUT2D eigenvalue weighted by molar-refractivity contribution is 5.88. The molecule has 6 rings (SSSR count). The molecule has 1 aliphatic heterocycles. The number of furan rings is 1. The zero-order valence-corrected chi connectivity index (χ0v) is 19.0. The highest BCUT2D eigenvalue weighted by Gasteiger charge is 2.23. The van der Waals surface area contributed by atoms with Crippen molar-refractivity contribution in [1.82, 2.24) is 9.55 Å². The van der Waals surface area contributed by atoms with E-state index in [1.165, 1.54) is 12.1 Å². The smallest absolute Gasteiger partial charge is 0.177 e. The van der Waals surface area contributed by atoms with Crippen LogP contribution in [0.15, 0.2) is 89.0 Å². The number of hydrogen-bond acceptors (Lipinski definition) is 4. The Morgan fingerprint density at radius 2 is 1.91 bits per heavy atom. The maximum absolute atomic E-state index is 13.9. The summed E-state index contributed by atoms with van der Waals surface area (Å²) in [6, 6.07) is 24.6. The predicted octanol–water partition coefficient (Wildman–Crippen LogP) is 6.72. The van der Waals surface area contributed by atoms with Gasteiger partial charge in [0.05, 0.1) is 23.4 Å². The van der Waals surface area contributed by atoms with E-state index in [1.54, 1.807) is 19.3 Å². The molecule has 6 heteroatoms. The van der Waals surface area contributed by atoms with Gasteiger partial charge in [0.15, 0.2) is 11.6 Å². The van der Waals surface area contributed by atoms with Gasteiger partial charge in [-0.1, -0.05) is 24.3 Å². The lowest BCUT2D eigenvalue weighted by Crippen LogP contribution is -2.04. The van der Waals surface area contributed by atoms with Gasteiger partial charge in [0.2, 0.25) is 0 Å². The number of para-hydroxylation sites is 2. The Bertz CT molecular complexity index is 1660. The summed E-state index contributed by atoms with van der Waals surface area (Å²) < 4.78 is 27.7. The third kappa shape index (κ3) is 3.58. The van der Waals surface area contributed by atoms with E-state index in [0.717, 1.165) is 44.7 Å². The molecule has 0 fully saturated rings. The van der Waals surface area contributed by atoms with Crippen molar-refractivity contribution in [2.24, 2.45) is 0 Å². The van der Waals surface area contributed by atoms with Crippen LogP contribution in [0.25, 0.3) is 28.2 Å². The summed E-state index contributed by atoms with van der Waals surface area (Å²) in [6.07, 6.45) is 1.64. The van der Waals surface area contributed by atoms with Gasteiger partial charge >= 0.3 is 0 Å². The summed E-state index contributed by atoms with van der Waals surface area (Å²) in [5, 5.41) is 9.69. The lowest BCUT2D eigenvalue weighted by molar-refractivity contribution is 0.305. The van der Waals surface area contributed by atoms with Gasteiger partial charge in [-0.25, -0.2) is 9.37 Å². The molecule has 5 nitrogen and oxygen atoms in total. The maximum atomic E-state index is 13.9. The topological polar surface area (TPSA) is 64.0 Å². The van der Waals surface area contributed by atoms with Crippen molar-refractivity contribution in [1.29, 1.82) is 5.26 Å². The monoisotopic (exact) mass is 461 g/mol. The fourth-order valence-electron chi connectivity index (χ4n) is 4.70. The van der Waals surface area contributed by atoms with Gasteiger partial charge in [-0.15, -0.1) is 0 Å². The molecule has 1 aliphatic rings. The van der Waals surface area contributed by atoms with E-state index in [4.69, 9.17) is 14.1 Å². The number of fused-ring (bicyclic) bond motifs is 3. The second-order valence-corrected chi connectivity index (χ2v) is 8.52. The van der Waals surface area contributed by atoms with Crippen LogP contribution < -0.4 is 4.74 Å². The van der Waals surface area contributed by atoms with Crippen LogP contribution in [0.4, 0.5) is 4.39 Å². The Morgan fingerprint density at radius 3 is 2.74 bits per heavy atom. The van der Waals surface area contributed by atoms with Gasteiger partial charge in [0.25, 0.3) is 0 Å². The van der Waals surface area contributed by atoms with Crippen molar-refractivity contribution in [2.75, 3.05) is 0 Å². The molecule has 0 spiro atoms. The van der Waals surface area contributed by atoms with Crippen LogP contribution in [0.5, 0.6) is 5.75 Å². The lowest BCUT2D eigenvalue weighted by atomic mass is 9.90. The van der Waals surface area contributed by atoms with Crippen LogP contribution in [0.1, 0.15) is 29.2 Å². The maximum Gasteiger partial charge on any atom is 0.177 e. The first-order valence-corrected chi connectivity index (χ1v) is 11.3. The average molecular weight is 461 g/mol. The molecule has 0 radical (unpaired) electrons. The Balaban J connectivity index is 1.46. The van der Waals surface area contributed by atoms with E-state index in [0.29, 0.717) is 23.6 Å². The fraction of sp³-hybridized carbons (Fsp3) is 0.103. The SMILES string of the molecule is C/C(C#N)=C1\c2ccc(Cn3c(-c4ccco4)nc4ccccc43)cc2COc2cc(F)ccc21. The molecule has 5 aromatic rings. The number of rotatable bonds is 3. The molecular weight excluding hydrogens is 441 g/mol. The number of aromatic nitrogens is 2. The molecule has 3 aromatic carbocycles. The summed E-state index contributed by atoms with van der Waals surface area (Å²) in [4.78, 5) is 4.80. The molecule has 2 aromatic heterocycles. The number of allylic oxidation sites excluding steroid dienone is 1. The highest BCUT2D eigenvalue weighted by atomic mass is 19.1. The van der Waals surface area contributed by atoms with E-state index in [1.807, 2.05) is 42.5 Å². The van der Waals surface area contributed by atoms with Crippen molar-refractivity contribution in [3.05, 3.63) is 113 Å². The molecule has 170 valence electrons. The number of halogens is 1. The van der Waals surface area contributed by atoms with E-state index >= 15 is 0 Å². The van der Waals surface area contributed by atoms with E-state index in [9.17, 15) is 9.65 Å². The molecule has 0 atom stereocenters. The van der Waals surface area contributed by atoms with Gasteiger partial charge in [0, 0.05) is 29.3 Å². The molecule has 0 saturated carbocycles. The minimum absolute atomic E-state index is 0.275. The van der Waals surface area contributed by atoms with Crippen molar-refractivity contribution in [3.8, 4) is 23.4 Å². The highest BCUT2D eigenvalue weighted by Crippen LogP contribution is 2.39. The Labute approximate surface area is 201 Å². The minimum atomic E-state index is -0.373. The Hall–Kier alpha value is -4.63. The zero-order valence-electron chi connectivity index (χ0n) is 19.0. The number of imidazole rings is 1. The van der Waals surface area contributed by atoms with Gasteiger partial charge in [-0.3, -0.25) is 0 Å². The van der Waals surface area contributed by atoms with Gasteiger partial charge in [-0.2, -0.15) is 5.26 Å². The third-order valence-corrected chi connectivity index (χ3v) is 6.31. The molecule has 0 bridgehead atoms. The van der Waals surface area contributed by atoms with Crippen LogP contribution in [-0.4, -0.2) is 9.55 Å². The standard InChI is InChI=1S/C29H20FN3O2/c1-18(15-31)28-22-10-8-19(13-20(22)17-35-27-14-21(30)9-11-23(27)28)16-33-25-6-3-2-5-24(25)32-29(33)26-7-4-12-34-26/h2-14H,16-17H2,1H3/b28-18-. The summed E-state index contributed by atoms with van der Waals surface area (Å²) in [5.41, 5.74) is 6.85. The largest absolute Gasteiger partial charge is 0.488 e. The molecule has 0 saturated heterocycles. The number of nitrogens with zero attached hydrogens (tertiary/aromatic N) is 3. The van der Waals surface area contributed by atoms with Gasteiger partial charge < -0.3 is 13.7 Å². The number of hydrogen-bond donors (Lipinski definition) is 0. The number of benzene rings is 3. The van der Waals surface area contributed by atoms with E-state index < -0.39 is 0 Å². The molecule has 3 heterocycles. The van der Waals surface area contributed by atoms with Crippen molar-refractivity contribution < 1.29 is 13.5 Å². The quantitative estimate of drug-likeness (QED) is 0.280. The summed E-state index contributed by atoms with van der Waals surface area (Å²) in [6.45, 7) is 2.62. The van der Waals surface area contributed by atoms with Crippen molar-refractivity contribution in [3.63, 3.8) is 0 Å². The Kier molecular flexibility index (Phi) is 4.97. The predicted molar refractivity (Wildman–Crippen MR) is 131 cm³/mol. The van der Waals surface area contributed by atoms with Crippen LogP contribution in [0.3, 0.4) is 0 Å². The van der Waals surface area contributed by atoms with Crippen LogP contribution in [0.2, 0.25) is 0 Å². The van der Waals surface area contributed by atoms with Gasteiger partial charge in [0.1, 0.15) is 18.2 Å². The first kappa shape index (κ1) is 20.9. The fourth-order valence-corrected chi connectivity index (χ4v) is 4.70. The molecule has 0 unspecified atom stereocenters. The van der Waals surface area contributed by atoms with Crippen molar-refractivity contribution in [2.45, 2.75) is 20.1 Å². The number of ether oxygens (including phenoxy) is 1. The van der Waals surface area contributed by atoms with Crippen molar-refractivity contribution >= 4 is 16.6 Å². The van der Waals surface area contributed by atoms with Crippen LogP contribution in [-0.2, 0) is 13.2 Å². The average Bonchev–Trinajstić information content (AvgIpc) is 3.49. The van der Waals surface area contributed by atoms with E-state index in [-0.39, 0.29) is 12.4 Å². The zero-order chi connectivity index (χ0) is 23.9. The summed E-state index contributed by atoms with van der Waals surface area (Å²) >= 11 is 0. The minimum Gasteiger partial charge on any atom is -0.488 e. The second-order valence-electron chi connectivity index (χ2n) is 8.52. The molecule has 0 N–H and O–H groups in total. The normalized spacial score (nSPS) is 14.0. The van der Waals surface area contributed by atoms with E-state index in [2.05, 4.69) is 22.8 Å². The third-order valence-electron chi connectivity index (χ3n) is 6.31. The second kappa shape index (κ2) is 8.30. The summed E-state index contributed by atoms with van der Waals surface area (Å²) in [5.74, 6) is 1.52. The molecule has 0 aliphatic carbocycles. The molecular formula is C29H20FN3O2. The Morgan fingerprint density at radius 1 is 1.06 bits per heavy atom. The molecule has 35 heavy (non-hydrogen) atoms. The van der Waals surface area contributed by atoms with Crippen LogP contribution >= 0.6 is 0 Å². The summed E-state index contributed by atoms with van der Waals surface area (Å²) in [7, 11) is 0. The lowest BCUT2D eigenvalue weighted by Gasteiger charge is -2.14. The number of nitriles is 1. The molecule has 0 amide bonds. The van der Waals surface area contributed by atoms with Gasteiger partial charge in [-0.05, 0) is 66.1 Å². The van der Waals surface area contributed by atoms with Crippen LogP contribution in [0, 0.1) is 17.1 Å². The first-order chi connectivity index (χ1) is 17.1.